The van der Waals surface area contributed by atoms with E-state index >= 15 is 0 Å². The quantitative estimate of drug-likeness (QED) is 0.881. The van der Waals surface area contributed by atoms with Crippen LogP contribution in [0, 0.1) is 13.8 Å². The van der Waals surface area contributed by atoms with Crippen LogP contribution in [-0.2, 0) is 13.6 Å². The molecule has 1 aromatic heterocycles. The molecule has 0 spiro atoms. The van der Waals surface area contributed by atoms with Gasteiger partial charge in [-0.1, -0.05) is 6.42 Å². The van der Waals surface area contributed by atoms with E-state index in [4.69, 9.17) is 0 Å². The minimum atomic E-state index is 0.668. The Hall–Kier alpha value is -0.870. The lowest BCUT2D eigenvalue weighted by Gasteiger charge is -2.28. The van der Waals surface area contributed by atoms with Gasteiger partial charge < -0.3 is 10.2 Å². The van der Waals surface area contributed by atoms with E-state index in [9.17, 15) is 0 Å². The van der Waals surface area contributed by atoms with Gasteiger partial charge in [-0.15, -0.1) is 0 Å². The third-order valence-corrected chi connectivity index (χ3v) is 4.03. The van der Waals surface area contributed by atoms with Crippen LogP contribution in [0.4, 0.5) is 0 Å². The molecule has 4 heteroatoms. The summed E-state index contributed by atoms with van der Waals surface area (Å²) in [5.74, 6) is 0. The van der Waals surface area contributed by atoms with Gasteiger partial charge >= 0.3 is 0 Å². The molecule has 1 N–H and O–H groups in total. The van der Waals surface area contributed by atoms with E-state index in [-0.39, 0.29) is 0 Å². The lowest BCUT2D eigenvalue weighted by atomic mass is 10.0. The highest BCUT2D eigenvalue weighted by molar-refractivity contribution is 5.24. The molecule has 0 radical (unpaired) electrons. The third-order valence-electron chi connectivity index (χ3n) is 4.03. The maximum absolute atomic E-state index is 4.48. The summed E-state index contributed by atoms with van der Waals surface area (Å²) in [6.07, 6.45) is 4.02. The molecule has 0 bridgehead atoms. The van der Waals surface area contributed by atoms with E-state index in [1.807, 2.05) is 11.7 Å². The summed E-state index contributed by atoms with van der Waals surface area (Å²) in [6, 6.07) is 0.668. The fourth-order valence-electron chi connectivity index (χ4n) is 2.84. The average Bonchev–Trinajstić information content (AvgIpc) is 2.57. The van der Waals surface area contributed by atoms with Crippen molar-refractivity contribution in [2.75, 3.05) is 20.1 Å². The highest BCUT2D eigenvalue weighted by Crippen LogP contribution is 2.15. The third kappa shape index (κ3) is 3.12. The molecule has 18 heavy (non-hydrogen) atoms. The van der Waals surface area contributed by atoms with Crippen molar-refractivity contribution in [2.45, 2.75) is 45.7 Å². The number of nitrogens with zero attached hydrogens (tertiary/aromatic N) is 3. The first-order valence-electron chi connectivity index (χ1n) is 6.99. The van der Waals surface area contributed by atoms with Crippen LogP contribution in [0.5, 0.6) is 0 Å². The zero-order valence-electron chi connectivity index (χ0n) is 12.2. The van der Waals surface area contributed by atoms with Crippen molar-refractivity contribution in [2.24, 2.45) is 7.05 Å². The predicted molar refractivity (Wildman–Crippen MR) is 74.7 cm³/mol. The van der Waals surface area contributed by atoms with Gasteiger partial charge in [0.2, 0.25) is 0 Å². The Labute approximate surface area is 110 Å². The van der Waals surface area contributed by atoms with Gasteiger partial charge in [-0.3, -0.25) is 4.68 Å². The molecular weight excluding hydrogens is 224 g/mol. The Morgan fingerprint density at radius 3 is 2.72 bits per heavy atom. The first-order chi connectivity index (χ1) is 8.58. The zero-order chi connectivity index (χ0) is 13.1. The molecule has 2 rings (SSSR count). The SMILES string of the molecule is Cc1nn(C)c(C)c1CN(C)C[C@@H]1CCCCN1. The smallest absolute Gasteiger partial charge is 0.0641 e. The number of hydrogen-bond donors (Lipinski definition) is 1. The Morgan fingerprint density at radius 1 is 1.39 bits per heavy atom. The van der Waals surface area contributed by atoms with Gasteiger partial charge in [-0.05, 0) is 40.3 Å². The summed E-state index contributed by atoms with van der Waals surface area (Å²) in [7, 11) is 4.23. The summed E-state index contributed by atoms with van der Waals surface area (Å²) < 4.78 is 1.98. The van der Waals surface area contributed by atoms with Gasteiger partial charge in [0.15, 0.2) is 0 Å². The van der Waals surface area contributed by atoms with Gasteiger partial charge in [-0.2, -0.15) is 5.10 Å². The van der Waals surface area contributed by atoms with Crippen molar-refractivity contribution in [1.29, 1.82) is 0 Å². The minimum absolute atomic E-state index is 0.668. The molecule has 1 aromatic rings. The molecule has 0 unspecified atom stereocenters. The molecule has 0 saturated carbocycles. The first-order valence-corrected chi connectivity index (χ1v) is 6.99. The molecule has 1 saturated heterocycles. The van der Waals surface area contributed by atoms with E-state index in [1.54, 1.807) is 0 Å². The lowest BCUT2D eigenvalue weighted by Crippen LogP contribution is -2.42. The zero-order valence-corrected chi connectivity index (χ0v) is 12.2. The Kier molecular flexibility index (Phi) is 4.40. The Morgan fingerprint density at radius 2 is 2.17 bits per heavy atom. The largest absolute Gasteiger partial charge is 0.313 e. The van der Waals surface area contributed by atoms with Crippen LogP contribution in [0.25, 0.3) is 0 Å². The van der Waals surface area contributed by atoms with Crippen molar-refractivity contribution < 1.29 is 0 Å². The van der Waals surface area contributed by atoms with Gasteiger partial charge in [0.25, 0.3) is 0 Å². The molecular formula is C14H26N4. The van der Waals surface area contributed by atoms with Crippen LogP contribution in [0.2, 0.25) is 0 Å². The predicted octanol–water partition coefficient (Wildman–Crippen LogP) is 1.61. The van der Waals surface area contributed by atoms with E-state index in [0.717, 1.165) is 13.1 Å². The monoisotopic (exact) mass is 250 g/mol. The normalized spacial score (nSPS) is 20.6. The number of nitrogens with one attached hydrogen (secondary N) is 1. The fraction of sp³-hybridized carbons (Fsp3) is 0.786. The summed E-state index contributed by atoms with van der Waals surface area (Å²) in [6.45, 7) is 7.58. The van der Waals surface area contributed by atoms with Crippen molar-refractivity contribution in [3.8, 4) is 0 Å². The molecule has 1 aliphatic rings. The second kappa shape index (κ2) is 5.85. The van der Waals surface area contributed by atoms with Crippen molar-refractivity contribution in [3.63, 3.8) is 0 Å². The molecule has 102 valence electrons. The van der Waals surface area contributed by atoms with Crippen LogP contribution >= 0.6 is 0 Å². The van der Waals surface area contributed by atoms with Crippen LogP contribution in [0.15, 0.2) is 0 Å². The van der Waals surface area contributed by atoms with Crippen molar-refractivity contribution >= 4 is 0 Å². The van der Waals surface area contributed by atoms with Crippen LogP contribution in [0.3, 0.4) is 0 Å². The number of piperidine rings is 1. The number of aryl methyl sites for hydroxylation is 2. The van der Waals surface area contributed by atoms with Crippen molar-refractivity contribution in [3.05, 3.63) is 17.0 Å². The van der Waals surface area contributed by atoms with E-state index < -0.39 is 0 Å². The Bertz CT molecular complexity index is 391. The van der Waals surface area contributed by atoms with Gasteiger partial charge in [0, 0.05) is 37.4 Å². The van der Waals surface area contributed by atoms with Crippen LogP contribution in [0.1, 0.15) is 36.2 Å². The number of hydrogen-bond acceptors (Lipinski definition) is 3. The molecule has 1 aliphatic heterocycles. The molecule has 0 aliphatic carbocycles. The minimum Gasteiger partial charge on any atom is -0.313 e. The summed E-state index contributed by atoms with van der Waals surface area (Å²) in [5.41, 5.74) is 3.84. The van der Waals surface area contributed by atoms with Gasteiger partial charge in [-0.25, -0.2) is 0 Å². The van der Waals surface area contributed by atoms with E-state index in [0.29, 0.717) is 6.04 Å². The summed E-state index contributed by atoms with van der Waals surface area (Å²) in [4.78, 5) is 2.42. The maximum atomic E-state index is 4.48. The van der Waals surface area contributed by atoms with Crippen molar-refractivity contribution in [1.82, 2.24) is 20.0 Å². The van der Waals surface area contributed by atoms with Gasteiger partial charge in [0.05, 0.1) is 5.69 Å². The fourth-order valence-corrected chi connectivity index (χ4v) is 2.84. The highest BCUT2D eigenvalue weighted by Gasteiger charge is 2.17. The van der Waals surface area contributed by atoms with Gasteiger partial charge in [0.1, 0.15) is 0 Å². The molecule has 0 aromatic carbocycles. The highest BCUT2D eigenvalue weighted by atomic mass is 15.3. The lowest BCUT2D eigenvalue weighted by molar-refractivity contribution is 0.256. The maximum Gasteiger partial charge on any atom is 0.0641 e. The van der Waals surface area contributed by atoms with E-state index in [1.165, 1.54) is 42.8 Å². The van der Waals surface area contributed by atoms with E-state index in [2.05, 4.69) is 36.2 Å². The second-order valence-electron chi connectivity index (χ2n) is 5.62. The molecule has 0 amide bonds. The molecule has 1 atom stereocenters. The summed E-state index contributed by atoms with van der Waals surface area (Å²) in [5, 5.41) is 8.09. The first kappa shape index (κ1) is 13.6. The molecule has 1 fully saturated rings. The standard InChI is InChI=1S/C14H26N4/c1-11-14(12(2)18(4)16-11)10-17(3)9-13-7-5-6-8-15-13/h13,15H,5-10H2,1-4H3/t13-/m0/s1. The molecule has 4 nitrogen and oxygen atoms in total. The molecule has 2 heterocycles. The van der Waals surface area contributed by atoms with Crippen LogP contribution in [-0.4, -0.2) is 40.9 Å². The van der Waals surface area contributed by atoms with Crippen LogP contribution < -0.4 is 5.32 Å². The Balaban J connectivity index is 1.91. The average molecular weight is 250 g/mol. The number of likely N-dealkylation sites (N-methyl/N-ethyl adjacent to an activating group) is 1. The summed E-state index contributed by atoms with van der Waals surface area (Å²) >= 11 is 0. The number of aromatic nitrogens is 2. The number of rotatable bonds is 4. The topological polar surface area (TPSA) is 33.1 Å². The second-order valence-corrected chi connectivity index (χ2v) is 5.62.